The van der Waals surface area contributed by atoms with Crippen LogP contribution in [0.1, 0.15) is 34.2 Å². The average molecular weight is 262 g/mol. The number of pyridine rings is 1. The zero-order chi connectivity index (χ0) is 12.7. The topological polar surface area (TPSA) is 54.6 Å². The van der Waals surface area contributed by atoms with Gasteiger partial charge in [-0.1, -0.05) is 6.07 Å². The molecule has 0 amide bonds. The van der Waals surface area contributed by atoms with Crippen LogP contribution in [-0.2, 0) is 0 Å². The van der Waals surface area contributed by atoms with E-state index >= 15 is 0 Å². The second-order valence-corrected chi connectivity index (χ2v) is 5.74. The number of imidazole rings is 1. The standard InChI is InChI=1S/C13H14N2O2S/c1-8-3-2-5-15-11(8)10(13(16)17)14-12(15)9-4-6-18-7-9/h2-3,5,9H,4,6-7H2,1H3,(H,16,17). The van der Waals surface area contributed by atoms with Crippen LogP contribution in [0, 0.1) is 6.92 Å². The first-order valence-electron chi connectivity index (χ1n) is 5.97. The second kappa shape index (κ2) is 4.31. The third kappa shape index (κ3) is 1.70. The Balaban J connectivity index is 2.26. The SMILES string of the molecule is Cc1cccn2c(C3CCSC3)nc(C(=O)O)c12. The Morgan fingerprint density at radius 3 is 3.11 bits per heavy atom. The van der Waals surface area contributed by atoms with Crippen molar-refractivity contribution in [2.45, 2.75) is 19.3 Å². The molecule has 1 aliphatic heterocycles. The second-order valence-electron chi connectivity index (χ2n) is 4.59. The Morgan fingerprint density at radius 2 is 2.44 bits per heavy atom. The van der Waals surface area contributed by atoms with Gasteiger partial charge in [0.15, 0.2) is 5.69 Å². The molecule has 1 fully saturated rings. The molecule has 1 saturated heterocycles. The summed E-state index contributed by atoms with van der Waals surface area (Å²) in [6.45, 7) is 1.93. The number of thioether (sulfide) groups is 1. The smallest absolute Gasteiger partial charge is 0.356 e. The minimum Gasteiger partial charge on any atom is -0.476 e. The van der Waals surface area contributed by atoms with Gasteiger partial charge in [-0.3, -0.25) is 0 Å². The van der Waals surface area contributed by atoms with Crippen molar-refractivity contribution < 1.29 is 9.90 Å². The number of carbonyl (C=O) groups is 1. The van der Waals surface area contributed by atoms with Crippen LogP contribution in [-0.4, -0.2) is 32.0 Å². The Hall–Kier alpha value is -1.49. The maximum Gasteiger partial charge on any atom is 0.356 e. The lowest BCUT2D eigenvalue weighted by Crippen LogP contribution is -2.03. The maximum absolute atomic E-state index is 11.3. The minimum absolute atomic E-state index is 0.181. The van der Waals surface area contributed by atoms with Crippen LogP contribution in [0.4, 0.5) is 0 Å². The number of aryl methyl sites for hydroxylation is 1. The van der Waals surface area contributed by atoms with Crippen LogP contribution in [0.3, 0.4) is 0 Å². The van der Waals surface area contributed by atoms with E-state index in [4.69, 9.17) is 0 Å². The van der Waals surface area contributed by atoms with Gasteiger partial charge in [-0.15, -0.1) is 0 Å². The summed E-state index contributed by atoms with van der Waals surface area (Å²) in [7, 11) is 0. The van der Waals surface area contributed by atoms with Crippen molar-refractivity contribution in [2.75, 3.05) is 11.5 Å². The van der Waals surface area contributed by atoms with Crippen molar-refractivity contribution >= 4 is 23.2 Å². The van der Waals surface area contributed by atoms with Gasteiger partial charge in [-0.2, -0.15) is 11.8 Å². The quantitative estimate of drug-likeness (QED) is 0.903. The molecule has 5 heteroatoms. The van der Waals surface area contributed by atoms with Gasteiger partial charge >= 0.3 is 5.97 Å². The molecule has 1 aliphatic rings. The molecule has 18 heavy (non-hydrogen) atoms. The van der Waals surface area contributed by atoms with E-state index in [1.54, 1.807) is 0 Å². The minimum atomic E-state index is -0.946. The molecule has 0 radical (unpaired) electrons. The molecule has 0 saturated carbocycles. The van der Waals surface area contributed by atoms with E-state index in [2.05, 4.69) is 4.98 Å². The number of rotatable bonds is 2. The number of hydrogen-bond acceptors (Lipinski definition) is 3. The van der Waals surface area contributed by atoms with Crippen molar-refractivity contribution in [3.63, 3.8) is 0 Å². The number of nitrogens with zero attached hydrogens (tertiary/aromatic N) is 2. The monoisotopic (exact) mass is 262 g/mol. The van der Waals surface area contributed by atoms with Crippen molar-refractivity contribution in [1.29, 1.82) is 0 Å². The third-order valence-electron chi connectivity index (χ3n) is 3.39. The van der Waals surface area contributed by atoms with Crippen LogP contribution in [0.25, 0.3) is 5.52 Å². The normalized spacial score (nSPS) is 19.5. The van der Waals surface area contributed by atoms with Crippen molar-refractivity contribution in [1.82, 2.24) is 9.38 Å². The van der Waals surface area contributed by atoms with Gasteiger partial charge in [0, 0.05) is 17.9 Å². The summed E-state index contributed by atoms with van der Waals surface area (Å²) in [6.07, 6.45) is 3.00. The Kier molecular flexibility index (Phi) is 2.78. The number of fused-ring (bicyclic) bond motifs is 1. The lowest BCUT2D eigenvalue weighted by atomic mass is 10.1. The van der Waals surface area contributed by atoms with Gasteiger partial charge < -0.3 is 9.51 Å². The zero-order valence-corrected chi connectivity index (χ0v) is 10.9. The number of aromatic nitrogens is 2. The summed E-state index contributed by atoms with van der Waals surface area (Å²) in [5.74, 6) is 2.49. The van der Waals surface area contributed by atoms with Crippen LogP contribution in [0.2, 0.25) is 0 Å². The van der Waals surface area contributed by atoms with Crippen molar-refractivity contribution in [3.05, 3.63) is 35.4 Å². The number of aromatic carboxylic acids is 1. The van der Waals surface area contributed by atoms with Gasteiger partial charge in [0.25, 0.3) is 0 Å². The molecule has 0 bridgehead atoms. The summed E-state index contributed by atoms with van der Waals surface area (Å²) in [6, 6.07) is 3.87. The maximum atomic E-state index is 11.3. The predicted octanol–water partition coefficient (Wildman–Crippen LogP) is 2.56. The Labute approximate surface area is 109 Å². The molecule has 1 unspecified atom stereocenters. The molecular formula is C13H14N2O2S. The molecule has 2 aromatic heterocycles. The number of carboxylic acid groups (broad SMARTS) is 1. The molecule has 0 aliphatic carbocycles. The van der Waals surface area contributed by atoms with E-state index in [1.165, 1.54) is 0 Å². The highest BCUT2D eigenvalue weighted by Crippen LogP contribution is 2.33. The van der Waals surface area contributed by atoms with Crippen LogP contribution in [0.5, 0.6) is 0 Å². The summed E-state index contributed by atoms with van der Waals surface area (Å²) in [5.41, 5.74) is 1.87. The molecule has 1 atom stereocenters. The summed E-state index contributed by atoms with van der Waals surface area (Å²) in [5, 5.41) is 9.28. The zero-order valence-electron chi connectivity index (χ0n) is 10.1. The molecule has 1 N–H and O–H groups in total. The largest absolute Gasteiger partial charge is 0.476 e. The van der Waals surface area contributed by atoms with Gasteiger partial charge in [-0.25, -0.2) is 9.78 Å². The molecule has 4 nitrogen and oxygen atoms in total. The first-order chi connectivity index (χ1) is 8.68. The van der Waals surface area contributed by atoms with E-state index in [0.29, 0.717) is 5.92 Å². The fourth-order valence-electron chi connectivity index (χ4n) is 2.51. The first kappa shape index (κ1) is 11.6. The average Bonchev–Trinajstić information content (AvgIpc) is 2.95. The molecule has 3 heterocycles. The Bertz CT molecular complexity index is 615. The van der Waals surface area contributed by atoms with Crippen molar-refractivity contribution in [2.24, 2.45) is 0 Å². The highest BCUT2D eigenvalue weighted by Gasteiger charge is 2.26. The van der Waals surface area contributed by atoms with Gasteiger partial charge in [0.2, 0.25) is 0 Å². The number of carboxylic acids is 1. The number of hydrogen-bond donors (Lipinski definition) is 1. The van der Waals surface area contributed by atoms with Crippen LogP contribution < -0.4 is 0 Å². The van der Waals surface area contributed by atoms with E-state index in [-0.39, 0.29) is 5.69 Å². The molecule has 3 rings (SSSR count). The summed E-state index contributed by atoms with van der Waals surface area (Å²) >= 11 is 1.91. The van der Waals surface area contributed by atoms with Crippen LogP contribution in [0.15, 0.2) is 18.3 Å². The highest BCUT2D eigenvalue weighted by atomic mass is 32.2. The molecule has 0 spiro atoms. The van der Waals surface area contributed by atoms with Gasteiger partial charge in [0.05, 0.1) is 5.52 Å². The van der Waals surface area contributed by atoms with Gasteiger partial charge in [0.1, 0.15) is 5.82 Å². The lowest BCUT2D eigenvalue weighted by molar-refractivity contribution is 0.0693. The molecular weight excluding hydrogens is 248 g/mol. The molecule has 2 aromatic rings. The molecule has 94 valence electrons. The predicted molar refractivity (Wildman–Crippen MR) is 71.6 cm³/mol. The fourth-order valence-corrected chi connectivity index (χ4v) is 3.72. The lowest BCUT2D eigenvalue weighted by Gasteiger charge is -2.07. The highest BCUT2D eigenvalue weighted by molar-refractivity contribution is 7.99. The Morgan fingerprint density at radius 1 is 1.61 bits per heavy atom. The van der Waals surface area contributed by atoms with Gasteiger partial charge in [-0.05, 0) is 30.7 Å². The van der Waals surface area contributed by atoms with E-state index < -0.39 is 5.97 Å². The van der Waals surface area contributed by atoms with E-state index in [1.807, 2.05) is 41.4 Å². The van der Waals surface area contributed by atoms with E-state index in [9.17, 15) is 9.90 Å². The van der Waals surface area contributed by atoms with E-state index in [0.717, 1.165) is 34.8 Å². The fraction of sp³-hybridized carbons (Fsp3) is 0.385. The van der Waals surface area contributed by atoms with Crippen LogP contribution >= 0.6 is 11.8 Å². The third-order valence-corrected chi connectivity index (χ3v) is 4.55. The first-order valence-corrected chi connectivity index (χ1v) is 7.12. The van der Waals surface area contributed by atoms with Crippen molar-refractivity contribution in [3.8, 4) is 0 Å². The molecule has 0 aromatic carbocycles. The summed E-state index contributed by atoms with van der Waals surface area (Å²) in [4.78, 5) is 15.7. The summed E-state index contributed by atoms with van der Waals surface area (Å²) < 4.78 is 1.95.